The summed E-state index contributed by atoms with van der Waals surface area (Å²) in [5.41, 5.74) is 2.76. The zero-order chi connectivity index (χ0) is 23.4. The molecule has 7 nitrogen and oxygen atoms in total. The number of nitriles is 1. The van der Waals surface area contributed by atoms with Crippen LogP contribution in [0.3, 0.4) is 0 Å². The van der Waals surface area contributed by atoms with Gasteiger partial charge in [-0.3, -0.25) is 14.9 Å². The smallest absolute Gasteiger partial charge is 0.269 e. The Kier molecular flexibility index (Phi) is 6.09. The zero-order valence-corrected chi connectivity index (χ0v) is 18.2. The molecule has 0 unspecified atom stereocenters. The van der Waals surface area contributed by atoms with Crippen LogP contribution in [-0.2, 0) is 10.2 Å². The highest BCUT2D eigenvalue weighted by Gasteiger charge is 2.35. The van der Waals surface area contributed by atoms with Gasteiger partial charge >= 0.3 is 0 Å². The number of nitro groups is 1. The van der Waals surface area contributed by atoms with Gasteiger partial charge in [0.15, 0.2) is 0 Å². The molecule has 0 spiro atoms. The minimum Gasteiger partial charge on any atom is -0.457 e. The van der Waals surface area contributed by atoms with Crippen molar-refractivity contribution in [3.8, 4) is 17.4 Å². The number of hydrogen-bond acceptors (Lipinski definition) is 5. The van der Waals surface area contributed by atoms with Crippen molar-refractivity contribution in [2.45, 2.75) is 38.0 Å². The maximum atomic E-state index is 12.3. The zero-order valence-electron chi connectivity index (χ0n) is 18.2. The molecule has 2 aromatic carbocycles. The van der Waals surface area contributed by atoms with Gasteiger partial charge in [-0.1, -0.05) is 25.0 Å². The van der Waals surface area contributed by atoms with Crippen molar-refractivity contribution in [3.63, 3.8) is 0 Å². The molecule has 1 heterocycles. The molecule has 7 heteroatoms. The molecular weight excluding hydrogens is 418 g/mol. The highest BCUT2D eigenvalue weighted by atomic mass is 16.6. The van der Waals surface area contributed by atoms with Crippen molar-refractivity contribution in [1.29, 1.82) is 5.26 Å². The van der Waals surface area contributed by atoms with E-state index in [9.17, 15) is 20.2 Å². The van der Waals surface area contributed by atoms with E-state index in [4.69, 9.17) is 4.42 Å². The standard InChI is InChI=1S/C26H23N3O4/c1-18-16-21(29(31)32)8-11-23(18)24-12-9-22(33-24)10-13-25(30)28-20-6-4-19(5-7-20)26(17-27)14-2-3-15-26/h4-13,16H,2-3,14-15H2,1H3,(H,28,30)/b13-10+. The SMILES string of the molecule is Cc1cc([N+](=O)[O-])ccc1-c1ccc(/C=C/C(=O)Nc2ccc(C3(C#N)CCCC3)cc2)o1. The Morgan fingerprint density at radius 1 is 1.15 bits per heavy atom. The van der Waals surface area contributed by atoms with Gasteiger partial charge < -0.3 is 9.73 Å². The van der Waals surface area contributed by atoms with E-state index in [0.717, 1.165) is 42.4 Å². The number of furan rings is 1. The highest BCUT2D eigenvalue weighted by Crippen LogP contribution is 2.40. The Morgan fingerprint density at radius 2 is 1.88 bits per heavy atom. The number of benzene rings is 2. The second-order valence-electron chi connectivity index (χ2n) is 8.26. The average molecular weight is 441 g/mol. The predicted molar refractivity (Wildman–Crippen MR) is 125 cm³/mol. The van der Waals surface area contributed by atoms with Gasteiger partial charge in [0.25, 0.3) is 5.69 Å². The number of anilines is 1. The topological polar surface area (TPSA) is 109 Å². The van der Waals surface area contributed by atoms with Crippen LogP contribution in [-0.4, -0.2) is 10.8 Å². The van der Waals surface area contributed by atoms with Gasteiger partial charge in [-0.25, -0.2) is 0 Å². The minimum atomic E-state index is -0.435. The lowest BCUT2D eigenvalue weighted by Gasteiger charge is -2.20. The van der Waals surface area contributed by atoms with E-state index < -0.39 is 10.3 Å². The Labute approximate surface area is 191 Å². The van der Waals surface area contributed by atoms with Crippen molar-refractivity contribution >= 4 is 23.4 Å². The summed E-state index contributed by atoms with van der Waals surface area (Å²) in [6, 6.07) is 18.0. The molecular formula is C26H23N3O4. The number of non-ortho nitro benzene ring substituents is 1. The largest absolute Gasteiger partial charge is 0.457 e. The third-order valence-corrected chi connectivity index (χ3v) is 6.09. The molecule has 3 aromatic rings. The van der Waals surface area contributed by atoms with Crippen LogP contribution in [0.2, 0.25) is 0 Å². The van der Waals surface area contributed by atoms with E-state index in [2.05, 4.69) is 11.4 Å². The molecule has 1 aliphatic rings. The second kappa shape index (κ2) is 9.13. The van der Waals surface area contributed by atoms with E-state index in [1.807, 2.05) is 24.3 Å². The summed E-state index contributed by atoms with van der Waals surface area (Å²) >= 11 is 0. The molecule has 0 saturated heterocycles. The predicted octanol–water partition coefficient (Wildman–Crippen LogP) is 6.15. The van der Waals surface area contributed by atoms with Crippen molar-refractivity contribution in [2.75, 3.05) is 5.32 Å². The summed E-state index contributed by atoms with van der Waals surface area (Å²) in [5, 5.41) is 23.3. The monoisotopic (exact) mass is 441 g/mol. The summed E-state index contributed by atoms with van der Waals surface area (Å²) in [7, 11) is 0. The Hall–Kier alpha value is -4.18. The first kappa shape index (κ1) is 22.0. The molecule has 1 aliphatic carbocycles. The first-order valence-electron chi connectivity index (χ1n) is 10.8. The minimum absolute atomic E-state index is 0.0265. The fourth-order valence-electron chi connectivity index (χ4n) is 4.28. The first-order valence-corrected chi connectivity index (χ1v) is 10.8. The highest BCUT2D eigenvalue weighted by molar-refractivity contribution is 6.01. The van der Waals surface area contributed by atoms with Crippen LogP contribution in [0.25, 0.3) is 17.4 Å². The van der Waals surface area contributed by atoms with Crippen LogP contribution < -0.4 is 5.32 Å². The maximum Gasteiger partial charge on any atom is 0.269 e. The van der Waals surface area contributed by atoms with Crippen molar-refractivity contribution < 1.29 is 14.1 Å². The van der Waals surface area contributed by atoms with Gasteiger partial charge in [0.2, 0.25) is 5.91 Å². The molecule has 0 aliphatic heterocycles. The molecule has 1 fully saturated rings. The van der Waals surface area contributed by atoms with E-state index in [1.165, 1.54) is 18.2 Å². The number of carbonyl (C=O) groups is 1. The van der Waals surface area contributed by atoms with Crippen molar-refractivity contribution in [1.82, 2.24) is 0 Å². The fourth-order valence-corrected chi connectivity index (χ4v) is 4.28. The molecule has 1 N–H and O–H groups in total. The van der Waals surface area contributed by atoms with Crippen LogP contribution in [0.1, 0.15) is 42.6 Å². The number of rotatable bonds is 6. The van der Waals surface area contributed by atoms with Gasteiger partial charge in [-0.2, -0.15) is 5.26 Å². The number of amides is 1. The lowest BCUT2D eigenvalue weighted by atomic mass is 9.80. The van der Waals surface area contributed by atoms with Gasteiger partial charge in [0.1, 0.15) is 11.5 Å². The number of hydrogen-bond donors (Lipinski definition) is 1. The summed E-state index contributed by atoms with van der Waals surface area (Å²) in [5.74, 6) is 0.755. The summed E-state index contributed by atoms with van der Waals surface area (Å²) in [4.78, 5) is 22.8. The molecule has 1 amide bonds. The van der Waals surface area contributed by atoms with Crippen LogP contribution in [0.4, 0.5) is 11.4 Å². The van der Waals surface area contributed by atoms with E-state index >= 15 is 0 Å². The normalized spacial score (nSPS) is 14.8. The second-order valence-corrected chi connectivity index (χ2v) is 8.26. The first-order chi connectivity index (χ1) is 15.9. The average Bonchev–Trinajstić information content (AvgIpc) is 3.48. The summed E-state index contributed by atoms with van der Waals surface area (Å²) < 4.78 is 5.78. The molecule has 166 valence electrons. The maximum absolute atomic E-state index is 12.3. The molecule has 4 rings (SSSR count). The quantitative estimate of drug-likeness (QED) is 0.280. The van der Waals surface area contributed by atoms with Gasteiger partial charge in [0.05, 0.1) is 16.4 Å². The van der Waals surface area contributed by atoms with Gasteiger partial charge in [0, 0.05) is 29.5 Å². The number of carbonyl (C=O) groups excluding carboxylic acids is 1. The third-order valence-electron chi connectivity index (χ3n) is 6.09. The lowest BCUT2D eigenvalue weighted by Crippen LogP contribution is -2.19. The number of nitro benzene ring substituents is 1. The molecule has 0 atom stereocenters. The number of aryl methyl sites for hydroxylation is 1. The van der Waals surface area contributed by atoms with Crippen molar-refractivity contribution in [2.24, 2.45) is 0 Å². The Balaban J connectivity index is 1.40. The number of nitrogens with zero attached hydrogens (tertiary/aromatic N) is 2. The van der Waals surface area contributed by atoms with Crippen LogP contribution in [0.5, 0.6) is 0 Å². The number of nitrogens with one attached hydrogen (secondary N) is 1. The summed E-state index contributed by atoms with van der Waals surface area (Å²) in [6.07, 6.45) is 6.83. The van der Waals surface area contributed by atoms with Gasteiger partial charge in [-0.15, -0.1) is 0 Å². The summed E-state index contributed by atoms with van der Waals surface area (Å²) in [6.45, 7) is 1.78. The van der Waals surface area contributed by atoms with Gasteiger partial charge in [-0.05, 0) is 67.3 Å². The Bertz CT molecular complexity index is 1260. The lowest BCUT2D eigenvalue weighted by molar-refractivity contribution is -0.384. The van der Waals surface area contributed by atoms with Crippen LogP contribution in [0, 0.1) is 28.4 Å². The van der Waals surface area contributed by atoms with E-state index in [0.29, 0.717) is 17.2 Å². The third kappa shape index (κ3) is 4.70. The Morgan fingerprint density at radius 3 is 2.52 bits per heavy atom. The molecule has 0 bridgehead atoms. The van der Waals surface area contributed by atoms with Crippen LogP contribution >= 0.6 is 0 Å². The molecule has 1 aromatic heterocycles. The molecule has 33 heavy (non-hydrogen) atoms. The van der Waals surface area contributed by atoms with E-state index in [-0.39, 0.29) is 11.6 Å². The fraction of sp³-hybridized carbons (Fsp3) is 0.231. The van der Waals surface area contributed by atoms with E-state index in [1.54, 1.807) is 31.2 Å². The molecule has 0 radical (unpaired) electrons. The van der Waals surface area contributed by atoms with Crippen molar-refractivity contribution in [3.05, 3.63) is 87.7 Å². The molecule has 1 saturated carbocycles. The van der Waals surface area contributed by atoms with Crippen LogP contribution in [0.15, 0.2) is 65.1 Å².